The number of rotatable bonds is 12. The van der Waals surface area contributed by atoms with E-state index in [4.69, 9.17) is 14.3 Å². The van der Waals surface area contributed by atoms with Crippen molar-refractivity contribution in [3.05, 3.63) is 47.7 Å². The first-order chi connectivity index (χ1) is 17.6. The number of hydrogen-bond donors (Lipinski definition) is 1. The molecular formula is C29H41N3O4. The molecule has 1 N–H and O–H groups in total. The number of hydrogen-bond acceptors (Lipinski definition) is 7. The third-order valence-electron chi connectivity index (χ3n) is 7.43. The number of aliphatic imine (C=N–C) groups is 1. The number of aliphatic hydroxyl groups excluding tert-OH is 1. The molecule has 196 valence electrons. The molecule has 1 aliphatic carbocycles. The molecule has 2 fully saturated rings. The van der Waals surface area contributed by atoms with Gasteiger partial charge in [0.25, 0.3) is 5.89 Å². The Morgan fingerprint density at radius 3 is 2.78 bits per heavy atom. The molecule has 2 heterocycles. The van der Waals surface area contributed by atoms with Crippen molar-refractivity contribution in [1.82, 2.24) is 9.88 Å². The Morgan fingerprint density at radius 1 is 1.19 bits per heavy atom. The summed E-state index contributed by atoms with van der Waals surface area (Å²) in [5.41, 5.74) is 1.97. The number of Topliss-reactive ketones (excluding diaryl/α,β-unsaturated/α-hetero) is 1. The smallest absolute Gasteiger partial charge is 0.263 e. The van der Waals surface area contributed by atoms with E-state index in [0.717, 1.165) is 38.2 Å². The molecule has 2 aromatic rings. The average Bonchev–Trinajstić information content (AvgIpc) is 3.40. The van der Waals surface area contributed by atoms with E-state index < -0.39 is 0 Å². The van der Waals surface area contributed by atoms with E-state index in [1.54, 1.807) is 6.92 Å². The second-order valence-electron chi connectivity index (χ2n) is 10.3. The van der Waals surface area contributed by atoms with Crippen molar-refractivity contribution in [2.24, 2.45) is 10.9 Å². The van der Waals surface area contributed by atoms with E-state index >= 15 is 0 Å². The van der Waals surface area contributed by atoms with Crippen molar-refractivity contribution in [2.75, 3.05) is 26.2 Å². The summed E-state index contributed by atoms with van der Waals surface area (Å²) >= 11 is 0. The van der Waals surface area contributed by atoms with Crippen LogP contribution in [0.15, 0.2) is 39.9 Å². The number of carbonyl (C=O) groups excluding carboxylic acids is 1. The van der Waals surface area contributed by atoms with Crippen LogP contribution in [0.5, 0.6) is 5.75 Å². The van der Waals surface area contributed by atoms with Gasteiger partial charge in [0, 0.05) is 13.0 Å². The van der Waals surface area contributed by atoms with Gasteiger partial charge in [-0.15, -0.1) is 0 Å². The summed E-state index contributed by atoms with van der Waals surface area (Å²) in [6.07, 6.45) is 12.9. The minimum Gasteiger partial charge on any atom is -0.490 e. The summed E-state index contributed by atoms with van der Waals surface area (Å²) in [4.78, 5) is 23.3. The summed E-state index contributed by atoms with van der Waals surface area (Å²) < 4.78 is 11.8. The fourth-order valence-electron chi connectivity index (χ4n) is 5.31. The second kappa shape index (κ2) is 13.7. The SMILES string of the molecule is CC(=NCCO)c1cnc(C(=O)CCCC2CCN(Cc3cccc(OC4CCCCC4)c3)CC2)o1. The first-order valence-electron chi connectivity index (χ1n) is 13.7. The Labute approximate surface area is 215 Å². The highest BCUT2D eigenvalue weighted by atomic mass is 16.5. The first kappa shape index (κ1) is 26.6. The van der Waals surface area contributed by atoms with Crippen molar-refractivity contribution in [2.45, 2.75) is 83.8 Å². The molecule has 7 heteroatoms. The predicted molar refractivity (Wildman–Crippen MR) is 141 cm³/mol. The van der Waals surface area contributed by atoms with Gasteiger partial charge in [0.15, 0.2) is 5.76 Å². The van der Waals surface area contributed by atoms with Gasteiger partial charge in [-0.25, -0.2) is 4.98 Å². The fourth-order valence-corrected chi connectivity index (χ4v) is 5.31. The number of benzene rings is 1. The third-order valence-corrected chi connectivity index (χ3v) is 7.43. The molecule has 0 atom stereocenters. The van der Waals surface area contributed by atoms with E-state index in [2.05, 4.69) is 39.1 Å². The quantitative estimate of drug-likeness (QED) is 0.311. The molecular weight excluding hydrogens is 454 g/mol. The lowest BCUT2D eigenvalue weighted by Gasteiger charge is -2.32. The number of carbonyl (C=O) groups is 1. The van der Waals surface area contributed by atoms with Crippen molar-refractivity contribution >= 4 is 11.5 Å². The molecule has 2 aliphatic rings. The fraction of sp³-hybridized carbons (Fsp3) is 0.621. The van der Waals surface area contributed by atoms with E-state index in [1.807, 2.05) is 0 Å². The van der Waals surface area contributed by atoms with Gasteiger partial charge in [0.1, 0.15) is 5.75 Å². The van der Waals surface area contributed by atoms with Crippen LogP contribution in [-0.4, -0.2) is 58.8 Å². The van der Waals surface area contributed by atoms with Crippen molar-refractivity contribution in [3.8, 4) is 5.75 Å². The highest BCUT2D eigenvalue weighted by molar-refractivity contribution is 5.97. The third kappa shape index (κ3) is 8.00. The maximum absolute atomic E-state index is 12.5. The molecule has 0 bridgehead atoms. The Hall–Kier alpha value is -2.51. The highest BCUT2D eigenvalue weighted by Crippen LogP contribution is 2.27. The zero-order valence-corrected chi connectivity index (χ0v) is 21.7. The lowest BCUT2D eigenvalue weighted by molar-refractivity contribution is 0.0940. The summed E-state index contributed by atoms with van der Waals surface area (Å²) in [5.74, 6) is 2.29. The number of piperidine rings is 1. The number of likely N-dealkylation sites (tertiary alicyclic amines) is 1. The molecule has 7 nitrogen and oxygen atoms in total. The number of ether oxygens (including phenoxy) is 1. The van der Waals surface area contributed by atoms with Crippen LogP contribution in [0.25, 0.3) is 0 Å². The Kier molecular flexibility index (Phi) is 10.1. The first-order valence-corrected chi connectivity index (χ1v) is 13.7. The van der Waals surface area contributed by atoms with E-state index in [-0.39, 0.29) is 18.3 Å². The molecule has 4 rings (SSSR count). The standard InChI is InChI=1S/C29H41N3O4/c1-22(30-15-18-33)28-20-31-29(36-28)27(34)12-6-7-23-13-16-32(17-14-23)21-24-8-5-11-26(19-24)35-25-9-3-2-4-10-25/h5,8,11,19-20,23,25,33H,2-4,6-7,9-10,12-18,21H2,1H3. The summed E-state index contributed by atoms with van der Waals surface area (Å²) in [5, 5.41) is 8.89. The van der Waals surface area contributed by atoms with Crippen molar-refractivity contribution < 1.29 is 19.1 Å². The number of ketones is 1. The van der Waals surface area contributed by atoms with Crippen molar-refractivity contribution in [1.29, 1.82) is 0 Å². The molecule has 1 aliphatic heterocycles. The minimum atomic E-state index is -0.0519. The number of oxazole rings is 1. The Morgan fingerprint density at radius 2 is 2.00 bits per heavy atom. The van der Waals surface area contributed by atoms with E-state index in [1.165, 1.54) is 56.7 Å². The van der Waals surface area contributed by atoms with E-state index in [0.29, 0.717) is 36.5 Å². The van der Waals surface area contributed by atoms with Crippen LogP contribution >= 0.6 is 0 Å². The molecule has 36 heavy (non-hydrogen) atoms. The maximum Gasteiger partial charge on any atom is 0.263 e. The van der Waals surface area contributed by atoms with Gasteiger partial charge in [0.05, 0.1) is 31.2 Å². The maximum atomic E-state index is 12.5. The van der Waals surface area contributed by atoms with Gasteiger partial charge < -0.3 is 14.3 Å². The van der Waals surface area contributed by atoms with E-state index in [9.17, 15) is 4.79 Å². The largest absolute Gasteiger partial charge is 0.490 e. The molecule has 1 saturated heterocycles. The van der Waals surface area contributed by atoms with Gasteiger partial charge in [-0.1, -0.05) is 18.6 Å². The van der Waals surface area contributed by atoms with Gasteiger partial charge in [-0.2, -0.15) is 0 Å². The monoisotopic (exact) mass is 495 g/mol. The molecule has 1 saturated carbocycles. The summed E-state index contributed by atoms with van der Waals surface area (Å²) in [6, 6.07) is 8.65. The Balaban J connectivity index is 1.15. The summed E-state index contributed by atoms with van der Waals surface area (Å²) in [6.45, 7) is 5.26. The molecule has 0 spiro atoms. The van der Waals surface area contributed by atoms with Crippen LogP contribution in [0, 0.1) is 5.92 Å². The molecule has 0 amide bonds. The normalized spacial score (nSPS) is 18.4. The van der Waals surface area contributed by atoms with Crippen LogP contribution in [0.1, 0.15) is 93.1 Å². The number of aliphatic hydroxyl groups is 1. The molecule has 0 unspecified atom stereocenters. The van der Waals surface area contributed by atoms with Crippen LogP contribution < -0.4 is 4.74 Å². The predicted octanol–water partition coefficient (Wildman–Crippen LogP) is 5.45. The Bertz CT molecular complexity index is 988. The topological polar surface area (TPSA) is 88.2 Å². The molecule has 1 aromatic heterocycles. The minimum absolute atomic E-state index is 0.0152. The van der Waals surface area contributed by atoms with Crippen LogP contribution in [-0.2, 0) is 6.54 Å². The average molecular weight is 496 g/mol. The summed E-state index contributed by atoms with van der Waals surface area (Å²) in [7, 11) is 0. The van der Waals surface area contributed by atoms with Crippen molar-refractivity contribution in [3.63, 3.8) is 0 Å². The zero-order valence-electron chi connectivity index (χ0n) is 21.7. The van der Waals surface area contributed by atoms with Crippen LogP contribution in [0.3, 0.4) is 0 Å². The molecule has 1 aromatic carbocycles. The number of aromatic nitrogens is 1. The van der Waals surface area contributed by atoms with Crippen LogP contribution in [0.4, 0.5) is 0 Å². The lowest BCUT2D eigenvalue weighted by atomic mass is 9.91. The van der Waals surface area contributed by atoms with Gasteiger partial charge in [-0.05, 0) is 95.0 Å². The second-order valence-corrected chi connectivity index (χ2v) is 10.3. The highest BCUT2D eigenvalue weighted by Gasteiger charge is 2.21. The lowest BCUT2D eigenvalue weighted by Crippen LogP contribution is -2.33. The van der Waals surface area contributed by atoms with Gasteiger partial charge >= 0.3 is 0 Å². The van der Waals surface area contributed by atoms with Crippen LogP contribution in [0.2, 0.25) is 0 Å². The number of nitrogens with zero attached hydrogens (tertiary/aromatic N) is 3. The molecule has 0 radical (unpaired) electrons. The van der Waals surface area contributed by atoms with Gasteiger partial charge in [0.2, 0.25) is 5.78 Å². The van der Waals surface area contributed by atoms with Gasteiger partial charge in [-0.3, -0.25) is 14.7 Å². The zero-order chi connectivity index (χ0) is 25.2.